The van der Waals surface area contributed by atoms with E-state index in [1.54, 1.807) is 19.2 Å². The van der Waals surface area contributed by atoms with Crippen LogP contribution in [-0.2, 0) is 39.1 Å². The topological polar surface area (TPSA) is 96.0 Å². The van der Waals surface area contributed by atoms with Crippen LogP contribution in [0.15, 0.2) is 78.9 Å². The molecule has 0 heterocycles. The average molecular weight is 538 g/mol. The minimum Gasteiger partial charge on any atom is -0.497 e. The molecule has 0 fully saturated rings. The number of benzene rings is 3. The van der Waals surface area contributed by atoms with Gasteiger partial charge in [-0.05, 0) is 35.7 Å². The zero-order valence-electron chi connectivity index (χ0n) is 22.3. The van der Waals surface area contributed by atoms with Gasteiger partial charge in [-0.3, -0.25) is 9.59 Å². The molecule has 9 heteroatoms. The highest BCUT2D eigenvalue weighted by atomic mass is 32.2. The SMILES string of the molecule is COc1ccc(CN(C(=O)CN(C)S(C)(=O)=O)[C@H](Cc2ccccc2)C(=O)NCc2ccc(C)cc2)cc1. The van der Waals surface area contributed by atoms with Gasteiger partial charge in [0.05, 0.1) is 19.9 Å². The van der Waals surface area contributed by atoms with Gasteiger partial charge in [-0.1, -0.05) is 72.3 Å². The third kappa shape index (κ3) is 8.43. The van der Waals surface area contributed by atoms with E-state index >= 15 is 0 Å². The Morgan fingerprint density at radius 2 is 1.50 bits per heavy atom. The maximum absolute atomic E-state index is 13.7. The van der Waals surface area contributed by atoms with Gasteiger partial charge >= 0.3 is 0 Å². The van der Waals surface area contributed by atoms with Gasteiger partial charge < -0.3 is 15.0 Å². The normalized spacial score (nSPS) is 12.1. The Morgan fingerprint density at radius 3 is 2.08 bits per heavy atom. The van der Waals surface area contributed by atoms with Crippen LogP contribution in [-0.4, -0.2) is 62.4 Å². The van der Waals surface area contributed by atoms with Crippen LogP contribution in [0.25, 0.3) is 0 Å². The molecule has 0 unspecified atom stereocenters. The van der Waals surface area contributed by atoms with Crippen LogP contribution in [0.5, 0.6) is 5.75 Å². The molecule has 0 aliphatic carbocycles. The molecule has 38 heavy (non-hydrogen) atoms. The van der Waals surface area contributed by atoms with Gasteiger partial charge in [0.1, 0.15) is 11.8 Å². The van der Waals surface area contributed by atoms with E-state index in [2.05, 4.69) is 5.32 Å². The molecule has 1 N–H and O–H groups in total. The van der Waals surface area contributed by atoms with Crippen molar-refractivity contribution in [2.24, 2.45) is 0 Å². The fourth-order valence-corrected chi connectivity index (χ4v) is 4.24. The highest BCUT2D eigenvalue weighted by Gasteiger charge is 2.31. The van der Waals surface area contributed by atoms with Crippen LogP contribution in [0, 0.1) is 6.92 Å². The Hall–Kier alpha value is -3.69. The second-order valence-corrected chi connectivity index (χ2v) is 11.4. The molecule has 0 bridgehead atoms. The molecule has 0 aliphatic heterocycles. The number of likely N-dealkylation sites (N-methyl/N-ethyl adjacent to an activating group) is 1. The molecular formula is C29H35N3O5S. The molecule has 3 aromatic rings. The number of nitrogens with zero attached hydrogens (tertiary/aromatic N) is 2. The lowest BCUT2D eigenvalue weighted by molar-refractivity contribution is -0.141. The van der Waals surface area contributed by atoms with Gasteiger partial charge in [0.15, 0.2) is 0 Å². The first-order valence-corrected chi connectivity index (χ1v) is 14.1. The van der Waals surface area contributed by atoms with Gasteiger partial charge in [-0.2, -0.15) is 4.31 Å². The molecule has 0 aromatic heterocycles. The summed E-state index contributed by atoms with van der Waals surface area (Å²) in [7, 11) is -0.680. The van der Waals surface area contributed by atoms with Crippen LogP contribution in [0.4, 0.5) is 0 Å². The van der Waals surface area contributed by atoms with E-state index < -0.39 is 22.0 Å². The molecule has 0 radical (unpaired) electrons. The van der Waals surface area contributed by atoms with E-state index in [0.29, 0.717) is 12.3 Å². The number of hydrogen-bond acceptors (Lipinski definition) is 5. The first-order valence-electron chi connectivity index (χ1n) is 12.3. The van der Waals surface area contributed by atoms with Gasteiger partial charge in [0, 0.05) is 26.6 Å². The number of nitrogens with one attached hydrogen (secondary N) is 1. The zero-order valence-corrected chi connectivity index (χ0v) is 23.1. The molecule has 2 amide bonds. The standard InChI is InChI=1S/C29H35N3O5S/c1-22-10-12-24(13-11-22)19-30-29(34)27(18-23-8-6-5-7-9-23)32(28(33)21-31(2)38(4,35)36)20-25-14-16-26(37-3)17-15-25/h5-17,27H,18-21H2,1-4H3,(H,30,34)/t27-/m1/s1. The van der Waals surface area contributed by atoms with Crippen molar-refractivity contribution in [3.05, 3.63) is 101 Å². The molecule has 0 saturated carbocycles. The predicted molar refractivity (Wildman–Crippen MR) is 148 cm³/mol. The number of carbonyl (C=O) groups excluding carboxylic acids is 2. The molecule has 202 valence electrons. The highest BCUT2D eigenvalue weighted by molar-refractivity contribution is 7.88. The molecule has 3 rings (SSSR count). The quantitative estimate of drug-likeness (QED) is 0.383. The summed E-state index contributed by atoms with van der Waals surface area (Å²) in [6.07, 6.45) is 1.31. The summed E-state index contributed by atoms with van der Waals surface area (Å²) in [5, 5.41) is 2.98. The lowest BCUT2D eigenvalue weighted by atomic mass is 10.0. The van der Waals surface area contributed by atoms with Crippen LogP contribution in [0.1, 0.15) is 22.3 Å². The molecule has 3 aromatic carbocycles. The van der Waals surface area contributed by atoms with Crippen LogP contribution < -0.4 is 10.1 Å². The van der Waals surface area contributed by atoms with Crippen LogP contribution in [0.2, 0.25) is 0 Å². The first-order chi connectivity index (χ1) is 18.1. The van der Waals surface area contributed by atoms with Crippen molar-refractivity contribution >= 4 is 21.8 Å². The van der Waals surface area contributed by atoms with E-state index in [1.165, 1.54) is 11.9 Å². The van der Waals surface area contributed by atoms with Crippen LogP contribution >= 0.6 is 0 Å². The largest absolute Gasteiger partial charge is 0.497 e. The smallest absolute Gasteiger partial charge is 0.243 e. The van der Waals surface area contributed by atoms with E-state index in [-0.39, 0.29) is 25.4 Å². The summed E-state index contributed by atoms with van der Waals surface area (Å²) in [6.45, 7) is 2.04. The zero-order chi connectivity index (χ0) is 27.7. The van der Waals surface area contributed by atoms with Crippen molar-refractivity contribution < 1.29 is 22.7 Å². The lowest BCUT2D eigenvalue weighted by Gasteiger charge is -2.32. The minimum atomic E-state index is -3.60. The van der Waals surface area contributed by atoms with Crippen molar-refractivity contribution in [3.8, 4) is 5.75 Å². The summed E-state index contributed by atoms with van der Waals surface area (Å²) in [6, 6.07) is 23.6. The Balaban J connectivity index is 1.94. The number of sulfonamides is 1. The number of carbonyl (C=O) groups is 2. The number of amides is 2. The molecule has 0 aliphatic rings. The van der Waals surface area contributed by atoms with Crippen molar-refractivity contribution in [1.29, 1.82) is 0 Å². The molecule has 0 saturated heterocycles. The Labute approximate surface area is 225 Å². The third-order valence-electron chi connectivity index (χ3n) is 6.29. The van der Waals surface area contributed by atoms with Crippen molar-refractivity contribution in [1.82, 2.24) is 14.5 Å². The van der Waals surface area contributed by atoms with Crippen LogP contribution in [0.3, 0.4) is 0 Å². The second-order valence-electron chi connectivity index (χ2n) is 9.30. The monoisotopic (exact) mass is 537 g/mol. The van der Waals surface area contributed by atoms with Gasteiger partial charge in [0.25, 0.3) is 0 Å². The Bertz CT molecular complexity index is 1310. The van der Waals surface area contributed by atoms with Gasteiger partial charge in [-0.15, -0.1) is 0 Å². The Morgan fingerprint density at radius 1 is 0.895 bits per heavy atom. The second kappa shape index (κ2) is 13.2. The lowest BCUT2D eigenvalue weighted by Crippen LogP contribution is -2.52. The average Bonchev–Trinajstić information content (AvgIpc) is 2.90. The summed E-state index contributed by atoms with van der Waals surface area (Å²) in [4.78, 5) is 28.7. The number of hydrogen-bond donors (Lipinski definition) is 1. The van der Waals surface area contributed by atoms with Crippen molar-refractivity contribution in [3.63, 3.8) is 0 Å². The highest BCUT2D eigenvalue weighted by Crippen LogP contribution is 2.18. The van der Waals surface area contributed by atoms with E-state index in [1.807, 2.05) is 73.7 Å². The molecule has 1 atom stereocenters. The van der Waals surface area contributed by atoms with E-state index in [4.69, 9.17) is 4.74 Å². The summed E-state index contributed by atoms with van der Waals surface area (Å²) in [5.74, 6) is -0.126. The molecule has 8 nitrogen and oxygen atoms in total. The fraction of sp³-hybridized carbons (Fsp3) is 0.310. The summed E-state index contributed by atoms with van der Waals surface area (Å²) in [5.41, 5.74) is 3.72. The summed E-state index contributed by atoms with van der Waals surface area (Å²) >= 11 is 0. The molecular weight excluding hydrogens is 502 g/mol. The number of methoxy groups -OCH3 is 1. The van der Waals surface area contributed by atoms with Crippen molar-refractivity contribution in [2.75, 3.05) is 27.0 Å². The molecule has 0 spiro atoms. The maximum Gasteiger partial charge on any atom is 0.243 e. The number of rotatable bonds is 12. The summed E-state index contributed by atoms with van der Waals surface area (Å²) < 4.78 is 30.3. The minimum absolute atomic E-state index is 0.121. The Kier molecular flexibility index (Phi) is 10.0. The van der Waals surface area contributed by atoms with Gasteiger partial charge in [-0.25, -0.2) is 8.42 Å². The van der Waals surface area contributed by atoms with E-state index in [9.17, 15) is 18.0 Å². The maximum atomic E-state index is 13.7. The third-order valence-corrected chi connectivity index (χ3v) is 7.56. The van der Waals surface area contributed by atoms with Gasteiger partial charge in [0.2, 0.25) is 21.8 Å². The number of aryl methyl sites for hydroxylation is 1. The first kappa shape index (κ1) is 28.9. The predicted octanol–water partition coefficient (Wildman–Crippen LogP) is 3.15. The van der Waals surface area contributed by atoms with E-state index in [0.717, 1.165) is 32.8 Å². The fourth-order valence-electron chi connectivity index (χ4n) is 3.89. The number of ether oxygens (including phenoxy) is 1. The van der Waals surface area contributed by atoms with Crippen molar-refractivity contribution in [2.45, 2.75) is 32.5 Å².